The molecule has 7 nitrogen and oxygen atoms in total. The van der Waals surface area contributed by atoms with Crippen LogP contribution in [0.15, 0.2) is 64.6 Å². The number of hydrogen-bond donors (Lipinski definition) is 1. The molecule has 1 unspecified atom stereocenters. The van der Waals surface area contributed by atoms with Crippen LogP contribution in [-0.4, -0.2) is 34.3 Å². The standard InChI is InChI=1S/C21H23FN4O3S2/c1-3-18(20(27)23-16-12-10-15(22)11-13-16)30-21-25-24-19(26(21)4-2)14-31(28,29)17-8-6-5-7-9-17/h5-13,18H,3-4,14H2,1-2H3,(H,23,27). The first-order valence-corrected chi connectivity index (χ1v) is 12.3. The fraction of sp³-hybridized carbons (Fsp3) is 0.286. The van der Waals surface area contributed by atoms with Crippen LogP contribution in [0, 0.1) is 5.82 Å². The number of halogens is 1. The van der Waals surface area contributed by atoms with Crippen LogP contribution in [0.1, 0.15) is 26.1 Å². The molecule has 0 saturated carbocycles. The number of amides is 1. The highest BCUT2D eigenvalue weighted by Crippen LogP contribution is 2.27. The van der Waals surface area contributed by atoms with Crippen molar-refractivity contribution in [3.63, 3.8) is 0 Å². The number of nitrogens with one attached hydrogen (secondary N) is 1. The van der Waals surface area contributed by atoms with Gasteiger partial charge in [-0.1, -0.05) is 36.9 Å². The Balaban J connectivity index is 1.76. The highest BCUT2D eigenvalue weighted by Gasteiger charge is 2.25. The minimum Gasteiger partial charge on any atom is -0.325 e. The summed E-state index contributed by atoms with van der Waals surface area (Å²) in [6.07, 6.45) is 0.520. The van der Waals surface area contributed by atoms with Gasteiger partial charge in [0.1, 0.15) is 17.4 Å². The Morgan fingerprint density at radius 1 is 1.10 bits per heavy atom. The van der Waals surface area contributed by atoms with Crippen LogP contribution in [0.2, 0.25) is 0 Å². The highest BCUT2D eigenvalue weighted by molar-refractivity contribution is 8.00. The fourth-order valence-corrected chi connectivity index (χ4v) is 5.25. The van der Waals surface area contributed by atoms with Gasteiger partial charge in [0, 0.05) is 12.2 Å². The SMILES string of the molecule is CCC(Sc1nnc(CS(=O)(=O)c2ccccc2)n1CC)C(=O)Nc1ccc(F)cc1. The first-order valence-electron chi connectivity index (χ1n) is 9.77. The van der Waals surface area contributed by atoms with Gasteiger partial charge in [-0.15, -0.1) is 10.2 Å². The highest BCUT2D eigenvalue weighted by atomic mass is 32.2. The maximum atomic E-state index is 13.1. The molecule has 164 valence electrons. The van der Waals surface area contributed by atoms with Crippen molar-refractivity contribution in [2.24, 2.45) is 0 Å². The van der Waals surface area contributed by atoms with E-state index in [1.54, 1.807) is 34.9 Å². The number of nitrogens with zero attached hydrogens (tertiary/aromatic N) is 3. The van der Waals surface area contributed by atoms with Crippen molar-refractivity contribution in [2.45, 2.75) is 47.9 Å². The molecule has 0 fully saturated rings. The molecule has 1 heterocycles. The molecule has 1 atom stereocenters. The Kier molecular flexibility index (Phi) is 7.45. The first-order chi connectivity index (χ1) is 14.8. The van der Waals surface area contributed by atoms with Gasteiger partial charge in [0.25, 0.3) is 0 Å². The van der Waals surface area contributed by atoms with E-state index < -0.39 is 15.1 Å². The third-order valence-corrected chi connectivity index (χ3v) is 7.53. The third kappa shape index (κ3) is 5.71. The summed E-state index contributed by atoms with van der Waals surface area (Å²) in [5.74, 6) is -0.587. The number of benzene rings is 2. The molecule has 0 aliphatic heterocycles. The maximum Gasteiger partial charge on any atom is 0.237 e. The van der Waals surface area contributed by atoms with Gasteiger partial charge in [-0.05, 0) is 49.7 Å². The summed E-state index contributed by atoms with van der Waals surface area (Å²) in [5.41, 5.74) is 0.497. The smallest absolute Gasteiger partial charge is 0.237 e. The zero-order chi connectivity index (χ0) is 22.4. The lowest BCUT2D eigenvalue weighted by Crippen LogP contribution is -2.25. The molecule has 31 heavy (non-hydrogen) atoms. The Bertz CT molecular complexity index is 1130. The predicted molar refractivity (Wildman–Crippen MR) is 118 cm³/mol. The lowest BCUT2D eigenvalue weighted by Gasteiger charge is -2.15. The molecule has 0 aliphatic carbocycles. The molecule has 2 aromatic carbocycles. The molecule has 0 aliphatic rings. The van der Waals surface area contributed by atoms with Crippen molar-refractivity contribution in [3.05, 3.63) is 66.2 Å². The third-order valence-electron chi connectivity index (χ3n) is 4.55. The lowest BCUT2D eigenvalue weighted by molar-refractivity contribution is -0.115. The quantitative estimate of drug-likeness (QED) is 0.485. The molecular weight excluding hydrogens is 439 g/mol. The number of anilines is 1. The molecule has 1 N–H and O–H groups in total. The minimum atomic E-state index is -3.57. The predicted octanol–water partition coefficient (Wildman–Crippen LogP) is 3.92. The second-order valence-electron chi connectivity index (χ2n) is 6.73. The van der Waals surface area contributed by atoms with Gasteiger partial charge < -0.3 is 9.88 Å². The summed E-state index contributed by atoms with van der Waals surface area (Å²) in [6.45, 7) is 4.20. The summed E-state index contributed by atoms with van der Waals surface area (Å²) in [6, 6.07) is 13.7. The lowest BCUT2D eigenvalue weighted by atomic mass is 10.2. The van der Waals surface area contributed by atoms with Crippen LogP contribution >= 0.6 is 11.8 Å². The van der Waals surface area contributed by atoms with Gasteiger partial charge >= 0.3 is 0 Å². The van der Waals surface area contributed by atoms with Gasteiger partial charge in [0.05, 0.1) is 10.1 Å². The van der Waals surface area contributed by atoms with E-state index in [9.17, 15) is 17.6 Å². The number of aromatic nitrogens is 3. The van der Waals surface area contributed by atoms with Crippen molar-refractivity contribution in [1.82, 2.24) is 14.8 Å². The Morgan fingerprint density at radius 3 is 2.39 bits per heavy atom. The van der Waals surface area contributed by atoms with Crippen molar-refractivity contribution in [2.75, 3.05) is 5.32 Å². The van der Waals surface area contributed by atoms with Crippen LogP contribution in [-0.2, 0) is 26.9 Å². The zero-order valence-corrected chi connectivity index (χ0v) is 18.8. The maximum absolute atomic E-state index is 13.1. The van der Waals surface area contributed by atoms with Gasteiger partial charge in [0.15, 0.2) is 15.0 Å². The molecule has 0 saturated heterocycles. The van der Waals surface area contributed by atoms with Crippen molar-refractivity contribution in [1.29, 1.82) is 0 Å². The van der Waals surface area contributed by atoms with Gasteiger partial charge in [-0.2, -0.15) is 0 Å². The van der Waals surface area contributed by atoms with Crippen LogP contribution in [0.3, 0.4) is 0 Å². The Morgan fingerprint density at radius 2 is 1.77 bits per heavy atom. The monoisotopic (exact) mass is 462 g/mol. The molecule has 0 radical (unpaired) electrons. The van der Waals surface area contributed by atoms with Crippen molar-refractivity contribution in [3.8, 4) is 0 Å². The molecule has 1 amide bonds. The normalized spacial score (nSPS) is 12.5. The van der Waals surface area contributed by atoms with E-state index in [2.05, 4.69) is 15.5 Å². The number of carbonyl (C=O) groups is 1. The molecule has 3 rings (SSSR count). The van der Waals surface area contributed by atoms with Crippen LogP contribution in [0.5, 0.6) is 0 Å². The zero-order valence-electron chi connectivity index (χ0n) is 17.2. The Hall–Kier alpha value is -2.72. The molecular formula is C21H23FN4O3S2. The number of carbonyl (C=O) groups excluding carboxylic acids is 1. The average Bonchev–Trinajstić information content (AvgIpc) is 3.14. The van der Waals surface area contributed by atoms with Crippen LogP contribution < -0.4 is 5.32 Å². The van der Waals surface area contributed by atoms with E-state index in [1.165, 1.54) is 36.0 Å². The second kappa shape index (κ2) is 10.1. The van der Waals surface area contributed by atoms with Crippen molar-refractivity contribution >= 4 is 33.2 Å². The van der Waals surface area contributed by atoms with E-state index in [0.29, 0.717) is 29.6 Å². The number of sulfone groups is 1. The van der Waals surface area contributed by atoms with Gasteiger partial charge in [0.2, 0.25) is 5.91 Å². The Labute approximate surface area is 185 Å². The summed E-state index contributed by atoms with van der Waals surface area (Å²) in [7, 11) is -3.57. The fourth-order valence-electron chi connectivity index (χ4n) is 2.92. The second-order valence-corrected chi connectivity index (χ2v) is 9.89. The van der Waals surface area contributed by atoms with E-state index >= 15 is 0 Å². The van der Waals surface area contributed by atoms with E-state index in [1.807, 2.05) is 13.8 Å². The van der Waals surface area contributed by atoms with Crippen molar-refractivity contribution < 1.29 is 17.6 Å². The first kappa shape index (κ1) is 23.0. The van der Waals surface area contributed by atoms with Gasteiger partial charge in [-0.3, -0.25) is 4.79 Å². The average molecular weight is 463 g/mol. The summed E-state index contributed by atoms with van der Waals surface area (Å²) in [5, 5.41) is 11.0. The van der Waals surface area contributed by atoms with E-state index in [-0.39, 0.29) is 22.4 Å². The van der Waals surface area contributed by atoms with E-state index in [0.717, 1.165) is 0 Å². The largest absolute Gasteiger partial charge is 0.325 e. The number of hydrogen-bond acceptors (Lipinski definition) is 6. The van der Waals surface area contributed by atoms with Gasteiger partial charge in [-0.25, -0.2) is 12.8 Å². The number of thioether (sulfide) groups is 1. The molecule has 0 spiro atoms. The van der Waals surface area contributed by atoms with E-state index in [4.69, 9.17) is 0 Å². The number of rotatable bonds is 9. The van der Waals surface area contributed by atoms with Crippen LogP contribution in [0.4, 0.5) is 10.1 Å². The molecule has 10 heteroatoms. The summed E-state index contributed by atoms with van der Waals surface area (Å²) >= 11 is 1.22. The van der Waals surface area contributed by atoms with Crippen LogP contribution in [0.25, 0.3) is 0 Å². The summed E-state index contributed by atoms with van der Waals surface area (Å²) in [4.78, 5) is 12.9. The topological polar surface area (TPSA) is 93.9 Å². The minimum absolute atomic E-state index is 0.222. The molecule has 1 aromatic heterocycles. The summed E-state index contributed by atoms with van der Waals surface area (Å²) < 4.78 is 40.2. The molecule has 0 bridgehead atoms. The molecule has 3 aromatic rings.